The monoisotopic (exact) mass is 528 g/mol. The molecule has 180 valence electrons. The minimum Gasteiger partial charge on any atom is -0.461 e. The molecule has 0 bridgehead atoms. The highest BCUT2D eigenvalue weighted by Crippen LogP contribution is 2.31. The van der Waals surface area contributed by atoms with Crippen LogP contribution in [0.5, 0.6) is 0 Å². The fourth-order valence-corrected chi connectivity index (χ4v) is 5.54. The summed E-state index contributed by atoms with van der Waals surface area (Å²) in [5, 5.41) is 18.1. The van der Waals surface area contributed by atoms with Crippen molar-refractivity contribution in [3.05, 3.63) is 63.8 Å². The van der Waals surface area contributed by atoms with Crippen LogP contribution >= 0.6 is 34.7 Å². The maximum atomic E-state index is 12.7. The predicted molar refractivity (Wildman–Crippen MR) is 134 cm³/mol. The molecular formula is C23H21ClN6O3S2. The first-order valence-electron chi connectivity index (χ1n) is 11.0. The SMILES string of the molecule is O=C(NC1CCCCNC1=O)c1csc(CSc2nnc(-c3ccco3)n2-c2ccc(Cl)cc2)n1. The molecule has 0 spiro atoms. The number of rotatable bonds is 7. The molecule has 9 nitrogen and oxygen atoms in total. The zero-order valence-electron chi connectivity index (χ0n) is 18.4. The van der Waals surface area contributed by atoms with Crippen molar-refractivity contribution in [1.29, 1.82) is 0 Å². The van der Waals surface area contributed by atoms with Crippen LogP contribution in [0.3, 0.4) is 0 Å². The highest BCUT2D eigenvalue weighted by molar-refractivity contribution is 7.98. The number of hydrogen-bond acceptors (Lipinski definition) is 8. The number of thiazole rings is 1. The van der Waals surface area contributed by atoms with Gasteiger partial charge < -0.3 is 15.1 Å². The fraction of sp³-hybridized carbons (Fsp3) is 0.261. The van der Waals surface area contributed by atoms with Crippen molar-refractivity contribution < 1.29 is 14.0 Å². The van der Waals surface area contributed by atoms with Crippen molar-refractivity contribution in [2.75, 3.05) is 6.54 Å². The third-order valence-corrected chi connectivity index (χ3v) is 7.63. The molecule has 1 fully saturated rings. The first-order valence-corrected chi connectivity index (χ1v) is 13.2. The number of thioether (sulfide) groups is 1. The summed E-state index contributed by atoms with van der Waals surface area (Å²) in [6, 6.07) is 10.5. The summed E-state index contributed by atoms with van der Waals surface area (Å²) in [6.07, 6.45) is 4.02. The molecule has 4 heterocycles. The maximum Gasteiger partial charge on any atom is 0.271 e. The Morgan fingerprint density at radius 1 is 1.26 bits per heavy atom. The Labute approximate surface area is 214 Å². The third kappa shape index (κ3) is 5.42. The van der Waals surface area contributed by atoms with E-state index in [2.05, 4.69) is 25.8 Å². The molecule has 35 heavy (non-hydrogen) atoms. The molecule has 1 saturated heterocycles. The lowest BCUT2D eigenvalue weighted by atomic mass is 10.1. The Morgan fingerprint density at radius 3 is 2.91 bits per heavy atom. The highest BCUT2D eigenvalue weighted by Gasteiger charge is 2.24. The molecule has 0 saturated carbocycles. The summed E-state index contributed by atoms with van der Waals surface area (Å²) in [5.74, 6) is 1.17. The van der Waals surface area contributed by atoms with Crippen LogP contribution in [0.25, 0.3) is 17.3 Å². The molecule has 1 aliphatic rings. The van der Waals surface area contributed by atoms with E-state index in [0.717, 1.165) is 23.5 Å². The summed E-state index contributed by atoms with van der Waals surface area (Å²) in [6.45, 7) is 0.644. The van der Waals surface area contributed by atoms with Crippen LogP contribution in [-0.4, -0.2) is 44.1 Å². The molecular weight excluding hydrogens is 508 g/mol. The van der Waals surface area contributed by atoms with Crippen molar-refractivity contribution >= 4 is 46.5 Å². The minimum atomic E-state index is -0.525. The molecule has 5 rings (SSSR count). The summed E-state index contributed by atoms with van der Waals surface area (Å²) in [4.78, 5) is 29.3. The number of hydrogen-bond donors (Lipinski definition) is 2. The highest BCUT2D eigenvalue weighted by atomic mass is 35.5. The Balaban J connectivity index is 1.31. The number of amides is 2. The largest absolute Gasteiger partial charge is 0.461 e. The molecule has 0 radical (unpaired) electrons. The average molecular weight is 529 g/mol. The Hall–Kier alpha value is -3.15. The molecule has 12 heteroatoms. The van der Waals surface area contributed by atoms with Gasteiger partial charge in [0, 0.05) is 22.6 Å². The second-order valence-electron chi connectivity index (χ2n) is 7.82. The predicted octanol–water partition coefficient (Wildman–Crippen LogP) is 4.33. The van der Waals surface area contributed by atoms with Gasteiger partial charge in [-0.2, -0.15) is 0 Å². The molecule has 0 aliphatic carbocycles. The quantitative estimate of drug-likeness (QED) is 0.343. The molecule has 3 aromatic heterocycles. The van der Waals surface area contributed by atoms with Gasteiger partial charge in [-0.1, -0.05) is 23.4 Å². The van der Waals surface area contributed by atoms with Gasteiger partial charge in [-0.05, 0) is 55.7 Å². The van der Waals surface area contributed by atoms with Gasteiger partial charge in [0.25, 0.3) is 5.91 Å². The van der Waals surface area contributed by atoms with E-state index in [1.807, 2.05) is 22.8 Å². The zero-order valence-corrected chi connectivity index (χ0v) is 20.8. The number of carbonyl (C=O) groups is 2. The minimum absolute atomic E-state index is 0.143. The topological polar surface area (TPSA) is 115 Å². The van der Waals surface area contributed by atoms with Crippen LogP contribution in [0.2, 0.25) is 5.02 Å². The number of nitrogens with one attached hydrogen (secondary N) is 2. The van der Waals surface area contributed by atoms with Crippen LogP contribution in [-0.2, 0) is 10.5 Å². The van der Waals surface area contributed by atoms with Crippen LogP contribution in [0.4, 0.5) is 0 Å². The first kappa shape index (κ1) is 23.6. The molecule has 1 unspecified atom stereocenters. The van der Waals surface area contributed by atoms with Gasteiger partial charge in [-0.3, -0.25) is 14.2 Å². The van der Waals surface area contributed by atoms with Gasteiger partial charge in [0.15, 0.2) is 10.9 Å². The van der Waals surface area contributed by atoms with Gasteiger partial charge in [0.1, 0.15) is 16.7 Å². The second kappa shape index (κ2) is 10.6. The van der Waals surface area contributed by atoms with Crippen LogP contribution in [0.1, 0.15) is 34.8 Å². The zero-order chi connectivity index (χ0) is 24.2. The van der Waals surface area contributed by atoms with Crippen molar-refractivity contribution in [1.82, 2.24) is 30.4 Å². The lowest BCUT2D eigenvalue weighted by molar-refractivity contribution is -0.122. The summed E-state index contributed by atoms with van der Waals surface area (Å²) in [7, 11) is 0. The molecule has 2 N–H and O–H groups in total. The van der Waals surface area contributed by atoms with E-state index in [1.165, 1.54) is 23.1 Å². The van der Waals surface area contributed by atoms with Crippen LogP contribution in [0, 0.1) is 0 Å². The van der Waals surface area contributed by atoms with Crippen LogP contribution in [0.15, 0.2) is 57.6 Å². The number of furan rings is 1. The molecule has 1 aliphatic heterocycles. The summed E-state index contributed by atoms with van der Waals surface area (Å²) in [5.41, 5.74) is 1.15. The summed E-state index contributed by atoms with van der Waals surface area (Å²) >= 11 is 8.91. The molecule has 1 aromatic carbocycles. The Morgan fingerprint density at radius 2 is 2.11 bits per heavy atom. The van der Waals surface area contributed by atoms with Gasteiger partial charge in [0.2, 0.25) is 11.7 Å². The third-order valence-electron chi connectivity index (χ3n) is 5.41. The Kier molecular flexibility index (Phi) is 7.16. The average Bonchev–Trinajstić information content (AvgIpc) is 3.60. The lowest BCUT2D eigenvalue weighted by Crippen LogP contribution is -2.45. The van der Waals surface area contributed by atoms with E-state index in [1.54, 1.807) is 29.8 Å². The Bertz CT molecular complexity index is 1320. The first-order chi connectivity index (χ1) is 17.1. The standard InChI is InChI=1S/C23H21ClN6O3S2/c24-14-6-8-15(9-7-14)30-20(18-5-3-11-33-18)28-29-23(30)35-13-19-26-17(12-34-19)22(32)27-16-4-1-2-10-25-21(16)31/h3,5-9,11-12,16H,1-2,4,10,13H2,(H,25,31)(H,27,32). The summed E-state index contributed by atoms with van der Waals surface area (Å²) < 4.78 is 7.44. The maximum absolute atomic E-state index is 12.7. The number of aromatic nitrogens is 4. The smallest absolute Gasteiger partial charge is 0.271 e. The van der Waals surface area contributed by atoms with Crippen molar-refractivity contribution in [3.63, 3.8) is 0 Å². The number of halogens is 1. The number of nitrogens with zero attached hydrogens (tertiary/aromatic N) is 4. The van der Waals surface area contributed by atoms with Gasteiger partial charge >= 0.3 is 0 Å². The lowest BCUT2D eigenvalue weighted by Gasteiger charge is -2.14. The van der Waals surface area contributed by atoms with E-state index in [9.17, 15) is 9.59 Å². The van der Waals surface area contributed by atoms with Gasteiger partial charge in [0.05, 0.1) is 12.0 Å². The van der Waals surface area contributed by atoms with E-state index in [0.29, 0.717) is 46.2 Å². The van der Waals surface area contributed by atoms with Crippen molar-refractivity contribution in [3.8, 4) is 17.3 Å². The number of carbonyl (C=O) groups excluding carboxylic acids is 2. The normalized spacial score (nSPS) is 16.0. The van der Waals surface area contributed by atoms with E-state index >= 15 is 0 Å². The van der Waals surface area contributed by atoms with Crippen molar-refractivity contribution in [2.45, 2.75) is 36.2 Å². The fourth-order valence-electron chi connectivity index (χ4n) is 3.67. The molecule has 2 amide bonds. The van der Waals surface area contributed by atoms with Crippen molar-refractivity contribution in [2.24, 2.45) is 0 Å². The molecule has 4 aromatic rings. The van der Waals surface area contributed by atoms with Gasteiger partial charge in [-0.25, -0.2) is 4.98 Å². The number of benzene rings is 1. The molecule has 1 atom stereocenters. The van der Waals surface area contributed by atoms with Crippen LogP contribution < -0.4 is 10.6 Å². The van der Waals surface area contributed by atoms with Gasteiger partial charge in [-0.15, -0.1) is 21.5 Å². The van der Waals surface area contributed by atoms with E-state index in [-0.39, 0.29) is 11.8 Å². The van der Waals surface area contributed by atoms with E-state index < -0.39 is 6.04 Å². The second-order valence-corrected chi connectivity index (χ2v) is 10.1. The van der Waals surface area contributed by atoms with E-state index in [4.69, 9.17) is 16.0 Å².